The van der Waals surface area contributed by atoms with E-state index < -0.39 is 5.92 Å². The number of benzene rings is 2. The quantitative estimate of drug-likeness (QED) is 0.462. The molecular formula is C29H27N3O2. The van der Waals surface area contributed by atoms with E-state index in [4.69, 9.17) is 0 Å². The van der Waals surface area contributed by atoms with Crippen LogP contribution >= 0.6 is 0 Å². The lowest BCUT2D eigenvalue weighted by atomic mass is 9.67. The summed E-state index contributed by atoms with van der Waals surface area (Å²) in [5, 5.41) is 20.9. The van der Waals surface area contributed by atoms with Gasteiger partial charge in [0.05, 0.1) is 0 Å². The van der Waals surface area contributed by atoms with E-state index >= 15 is 0 Å². The van der Waals surface area contributed by atoms with Crippen LogP contribution in [0.1, 0.15) is 43.7 Å². The van der Waals surface area contributed by atoms with Crippen molar-refractivity contribution in [1.82, 2.24) is 4.98 Å². The van der Waals surface area contributed by atoms with Crippen molar-refractivity contribution in [2.75, 3.05) is 4.90 Å². The summed E-state index contributed by atoms with van der Waals surface area (Å²) in [5.74, 6) is -0.345. The van der Waals surface area contributed by atoms with E-state index in [0.717, 1.165) is 16.9 Å². The summed E-state index contributed by atoms with van der Waals surface area (Å²) in [7, 11) is 0. The van der Waals surface area contributed by atoms with Crippen molar-refractivity contribution in [3.63, 3.8) is 0 Å². The molecule has 170 valence electrons. The minimum absolute atomic E-state index is 0.00423. The SMILES string of the molecule is CC1(C)CC(=O)C2=C(C1)N(c1ccccc1)C(=N)/C(=C(/O)c1ccccc1)C2c1cccnc1. The highest BCUT2D eigenvalue weighted by Gasteiger charge is 2.46. The second-order valence-electron chi connectivity index (χ2n) is 9.67. The zero-order chi connectivity index (χ0) is 23.9. The van der Waals surface area contributed by atoms with Gasteiger partial charge in [-0.3, -0.25) is 20.1 Å². The van der Waals surface area contributed by atoms with Gasteiger partial charge in [0.1, 0.15) is 11.6 Å². The second kappa shape index (κ2) is 8.41. The van der Waals surface area contributed by atoms with E-state index in [-0.39, 0.29) is 22.8 Å². The van der Waals surface area contributed by atoms with Crippen LogP contribution in [0.15, 0.2) is 102 Å². The Morgan fingerprint density at radius 3 is 2.32 bits per heavy atom. The lowest BCUT2D eigenvalue weighted by molar-refractivity contribution is -0.118. The summed E-state index contributed by atoms with van der Waals surface area (Å²) in [6.45, 7) is 4.18. The van der Waals surface area contributed by atoms with Gasteiger partial charge in [0.15, 0.2) is 5.78 Å². The maximum Gasteiger partial charge on any atom is 0.162 e. The number of pyridine rings is 1. The molecule has 2 aliphatic rings. The molecule has 1 aliphatic carbocycles. The van der Waals surface area contributed by atoms with Gasteiger partial charge in [-0.2, -0.15) is 0 Å². The van der Waals surface area contributed by atoms with Crippen molar-refractivity contribution >= 4 is 23.1 Å². The van der Waals surface area contributed by atoms with Gasteiger partial charge >= 0.3 is 0 Å². The number of rotatable bonds is 3. The smallest absolute Gasteiger partial charge is 0.162 e. The second-order valence-corrected chi connectivity index (χ2v) is 9.67. The normalized spacial score (nSPS) is 21.4. The molecule has 5 rings (SSSR count). The van der Waals surface area contributed by atoms with Crippen LogP contribution in [0.5, 0.6) is 0 Å². The molecule has 1 aromatic heterocycles. The summed E-state index contributed by atoms with van der Waals surface area (Å²) >= 11 is 0. The Morgan fingerprint density at radius 1 is 1.00 bits per heavy atom. The minimum Gasteiger partial charge on any atom is -0.507 e. The predicted molar refractivity (Wildman–Crippen MR) is 135 cm³/mol. The first kappa shape index (κ1) is 21.8. The molecule has 0 saturated heterocycles. The van der Waals surface area contributed by atoms with Gasteiger partial charge in [-0.1, -0.05) is 68.4 Å². The summed E-state index contributed by atoms with van der Waals surface area (Å²) in [4.78, 5) is 19.9. The molecule has 3 aromatic rings. The third kappa shape index (κ3) is 3.73. The number of anilines is 1. The number of allylic oxidation sites excluding steroid dienone is 2. The van der Waals surface area contributed by atoms with Gasteiger partial charge < -0.3 is 5.11 Å². The molecule has 0 radical (unpaired) electrons. The van der Waals surface area contributed by atoms with Gasteiger partial charge in [-0.05, 0) is 35.6 Å². The van der Waals surface area contributed by atoms with Gasteiger partial charge in [0.2, 0.25) is 0 Å². The number of para-hydroxylation sites is 1. The Balaban J connectivity index is 1.85. The number of ketones is 1. The fourth-order valence-electron chi connectivity index (χ4n) is 5.11. The van der Waals surface area contributed by atoms with Crippen LogP contribution < -0.4 is 4.90 Å². The molecule has 2 N–H and O–H groups in total. The average molecular weight is 450 g/mol. The largest absolute Gasteiger partial charge is 0.507 e. The van der Waals surface area contributed by atoms with Crippen molar-refractivity contribution in [2.24, 2.45) is 5.41 Å². The van der Waals surface area contributed by atoms with Crippen LogP contribution in [-0.4, -0.2) is 21.7 Å². The molecule has 34 heavy (non-hydrogen) atoms. The first-order valence-electron chi connectivity index (χ1n) is 11.5. The molecule has 0 saturated carbocycles. The fraction of sp³-hybridized carbons (Fsp3) is 0.207. The molecule has 2 aromatic carbocycles. The van der Waals surface area contributed by atoms with Gasteiger partial charge in [-0.15, -0.1) is 0 Å². The van der Waals surface area contributed by atoms with Crippen molar-refractivity contribution < 1.29 is 9.90 Å². The highest BCUT2D eigenvalue weighted by atomic mass is 16.3. The molecule has 1 aliphatic heterocycles. The third-order valence-corrected chi connectivity index (χ3v) is 6.56. The molecule has 0 amide bonds. The van der Waals surface area contributed by atoms with Crippen LogP contribution in [0, 0.1) is 10.8 Å². The summed E-state index contributed by atoms with van der Waals surface area (Å²) < 4.78 is 0. The maximum absolute atomic E-state index is 13.7. The number of Topliss-reactive ketones (excluding diaryl/α,β-unsaturated/α-hetero) is 1. The van der Waals surface area contributed by atoms with Crippen molar-refractivity contribution in [3.8, 4) is 0 Å². The number of nitrogens with zero attached hydrogens (tertiary/aromatic N) is 2. The Hall–Kier alpha value is -3.99. The Morgan fingerprint density at radius 2 is 1.68 bits per heavy atom. The number of nitrogens with one attached hydrogen (secondary N) is 1. The lowest BCUT2D eigenvalue weighted by Gasteiger charge is -2.45. The summed E-state index contributed by atoms with van der Waals surface area (Å²) in [5.41, 5.74) is 3.85. The van der Waals surface area contributed by atoms with Gasteiger partial charge in [0, 0.05) is 52.8 Å². The van der Waals surface area contributed by atoms with E-state index in [0.29, 0.717) is 29.6 Å². The standard InChI is InChI=1S/C29H27N3O2/c1-29(2)16-22-25(23(33)17-29)24(20-12-9-15-31-18-20)26(27(34)19-10-5-3-6-11-19)28(30)32(22)21-13-7-4-8-14-21/h3-15,18,24,30,34H,16-17H2,1-2H3/b27-26+,30-28?. The number of aliphatic hydroxyl groups excluding tert-OH is 1. The number of hydrogen-bond acceptors (Lipinski definition) is 4. The number of amidine groups is 1. The van der Waals surface area contributed by atoms with E-state index in [1.807, 2.05) is 77.7 Å². The molecule has 5 heteroatoms. The topological polar surface area (TPSA) is 77.3 Å². The zero-order valence-corrected chi connectivity index (χ0v) is 19.3. The minimum atomic E-state index is -0.569. The molecule has 0 spiro atoms. The highest BCUT2D eigenvalue weighted by molar-refractivity contribution is 6.19. The van der Waals surface area contributed by atoms with E-state index in [2.05, 4.69) is 18.8 Å². The number of aromatic nitrogens is 1. The fourth-order valence-corrected chi connectivity index (χ4v) is 5.11. The molecule has 2 heterocycles. The van der Waals surface area contributed by atoms with E-state index in [9.17, 15) is 15.3 Å². The molecular weight excluding hydrogens is 422 g/mol. The Labute approximate surface area is 199 Å². The monoisotopic (exact) mass is 449 g/mol. The van der Waals surface area contributed by atoms with E-state index in [1.165, 1.54) is 0 Å². The number of carbonyl (C=O) groups is 1. The summed E-state index contributed by atoms with van der Waals surface area (Å²) in [6.07, 6.45) is 4.49. The molecule has 5 nitrogen and oxygen atoms in total. The number of carbonyl (C=O) groups excluding carboxylic acids is 1. The molecule has 0 bridgehead atoms. The Kier molecular flexibility index (Phi) is 5.40. The first-order chi connectivity index (χ1) is 16.4. The molecule has 1 unspecified atom stereocenters. The Bertz CT molecular complexity index is 1310. The van der Waals surface area contributed by atoms with Crippen LogP contribution in [0.4, 0.5) is 5.69 Å². The third-order valence-electron chi connectivity index (χ3n) is 6.56. The van der Waals surface area contributed by atoms with Crippen LogP contribution in [0.25, 0.3) is 5.76 Å². The highest BCUT2D eigenvalue weighted by Crippen LogP contribution is 2.51. The first-order valence-corrected chi connectivity index (χ1v) is 11.5. The number of hydrogen-bond donors (Lipinski definition) is 2. The summed E-state index contributed by atoms with van der Waals surface area (Å²) in [6, 6.07) is 22.6. The lowest BCUT2D eigenvalue weighted by Crippen LogP contribution is -2.45. The van der Waals surface area contributed by atoms with Crippen molar-refractivity contribution in [3.05, 3.63) is 113 Å². The number of aliphatic hydroxyl groups is 1. The van der Waals surface area contributed by atoms with Crippen molar-refractivity contribution in [2.45, 2.75) is 32.6 Å². The van der Waals surface area contributed by atoms with Crippen LogP contribution in [-0.2, 0) is 4.79 Å². The molecule has 1 atom stereocenters. The van der Waals surface area contributed by atoms with Crippen molar-refractivity contribution in [1.29, 1.82) is 5.41 Å². The van der Waals surface area contributed by atoms with Crippen LogP contribution in [0.3, 0.4) is 0 Å². The van der Waals surface area contributed by atoms with Crippen LogP contribution in [0.2, 0.25) is 0 Å². The predicted octanol–water partition coefficient (Wildman–Crippen LogP) is 6.28. The van der Waals surface area contributed by atoms with E-state index in [1.54, 1.807) is 12.4 Å². The zero-order valence-electron chi connectivity index (χ0n) is 19.3. The van der Waals surface area contributed by atoms with Gasteiger partial charge in [0.25, 0.3) is 0 Å². The average Bonchev–Trinajstić information content (AvgIpc) is 2.84. The van der Waals surface area contributed by atoms with Gasteiger partial charge in [-0.25, -0.2) is 0 Å². The molecule has 0 fully saturated rings. The maximum atomic E-state index is 13.7.